The summed E-state index contributed by atoms with van der Waals surface area (Å²) in [7, 11) is 1.94. The molecule has 2 aliphatic heterocycles. The number of nitrogens with zero attached hydrogens (tertiary/aromatic N) is 1. The van der Waals surface area contributed by atoms with Crippen molar-refractivity contribution >= 4 is 5.91 Å². The van der Waals surface area contributed by atoms with Crippen molar-refractivity contribution in [3.8, 4) is 0 Å². The van der Waals surface area contributed by atoms with Gasteiger partial charge in [0.2, 0.25) is 5.91 Å². The summed E-state index contributed by atoms with van der Waals surface area (Å²) in [6.45, 7) is 3.81. The van der Waals surface area contributed by atoms with E-state index in [1.54, 1.807) is 0 Å². The molecule has 1 N–H and O–H groups in total. The summed E-state index contributed by atoms with van der Waals surface area (Å²) in [5, 5.41) is 3.38. The summed E-state index contributed by atoms with van der Waals surface area (Å²) in [5.74, 6) is 0.651. The van der Waals surface area contributed by atoms with Gasteiger partial charge in [0.25, 0.3) is 0 Å². The van der Waals surface area contributed by atoms with Gasteiger partial charge in [-0.1, -0.05) is 0 Å². The predicted molar refractivity (Wildman–Crippen MR) is 69.3 cm³/mol. The standard InChI is InChI=1S/C14H24N2O2/c1-16(10-11-3-2-8-18-11)13(17)12-9-14(12)4-6-15-7-5-14/h11-12,15H,2-10H2,1H3. The monoisotopic (exact) mass is 252 g/mol. The maximum absolute atomic E-state index is 12.4. The second-order valence-electron chi connectivity index (χ2n) is 6.22. The lowest BCUT2D eigenvalue weighted by molar-refractivity contribution is -0.133. The molecule has 102 valence electrons. The third-order valence-electron chi connectivity index (χ3n) is 4.96. The first-order valence-corrected chi connectivity index (χ1v) is 7.29. The van der Waals surface area contributed by atoms with Crippen LogP contribution in [-0.2, 0) is 9.53 Å². The van der Waals surface area contributed by atoms with E-state index in [0.717, 1.165) is 45.5 Å². The molecule has 18 heavy (non-hydrogen) atoms. The van der Waals surface area contributed by atoms with Crippen molar-refractivity contribution in [2.75, 3.05) is 33.3 Å². The number of piperidine rings is 1. The van der Waals surface area contributed by atoms with Crippen LogP contribution in [0.1, 0.15) is 32.1 Å². The van der Waals surface area contributed by atoms with Gasteiger partial charge < -0.3 is 15.0 Å². The number of carbonyl (C=O) groups excluding carboxylic acids is 1. The van der Waals surface area contributed by atoms with Crippen molar-refractivity contribution < 1.29 is 9.53 Å². The van der Waals surface area contributed by atoms with Gasteiger partial charge in [0, 0.05) is 26.1 Å². The molecular formula is C14H24N2O2. The Labute approximate surface area is 109 Å². The molecule has 1 amide bonds. The maximum Gasteiger partial charge on any atom is 0.226 e. The molecule has 3 rings (SSSR count). The summed E-state index contributed by atoms with van der Waals surface area (Å²) in [6, 6.07) is 0. The van der Waals surface area contributed by atoms with Crippen LogP contribution in [0, 0.1) is 11.3 Å². The molecule has 0 aromatic heterocycles. The lowest BCUT2D eigenvalue weighted by Crippen LogP contribution is -2.38. The van der Waals surface area contributed by atoms with E-state index in [1.165, 1.54) is 12.8 Å². The van der Waals surface area contributed by atoms with Crippen LogP contribution in [0.4, 0.5) is 0 Å². The minimum atomic E-state index is 0.279. The van der Waals surface area contributed by atoms with Crippen LogP contribution < -0.4 is 5.32 Å². The predicted octanol–water partition coefficient (Wildman–Crippen LogP) is 1.01. The van der Waals surface area contributed by atoms with Gasteiger partial charge in [0.1, 0.15) is 0 Å². The van der Waals surface area contributed by atoms with Gasteiger partial charge in [-0.2, -0.15) is 0 Å². The Morgan fingerprint density at radius 3 is 2.89 bits per heavy atom. The first-order valence-electron chi connectivity index (χ1n) is 7.29. The van der Waals surface area contributed by atoms with E-state index < -0.39 is 0 Å². The molecule has 1 aliphatic carbocycles. The van der Waals surface area contributed by atoms with Crippen LogP contribution in [0.3, 0.4) is 0 Å². The van der Waals surface area contributed by atoms with Crippen LogP contribution in [0.15, 0.2) is 0 Å². The van der Waals surface area contributed by atoms with Gasteiger partial charge in [-0.25, -0.2) is 0 Å². The number of hydrogen-bond acceptors (Lipinski definition) is 3. The molecule has 1 saturated carbocycles. The molecule has 1 spiro atoms. The van der Waals surface area contributed by atoms with Crippen LogP contribution >= 0.6 is 0 Å². The zero-order valence-corrected chi connectivity index (χ0v) is 11.3. The zero-order valence-electron chi connectivity index (χ0n) is 11.3. The van der Waals surface area contributed by atoms with Crippen molar-refractivity contribution in [3.63, 3.8) is 0 Å². The third kappa shape index (κ3) is 2.28. The van der Waals surface area contributed by atoms with Crippen molar-refractivity contribution in [2.45, 2.75) is 38.2 Å². The molecule has 4 heteroatoms. The summed E-state index contributed by atoms with van der Waals surface area (Å²) in [5.41, 5.74) is 0.354. The molecule has 0 aromatic carbocycles. The van der Waals surface area contributed by atoms with Crippen LogP contribution in [0.25, 0.3) is 0 Å². The molecule has 2 unspecified atom stereocenters. The molecule has 0 aromatic rings. The Bertz CT molecular complexity index is 320. The molecule has 3 aliphatic rings. The van der Waals surface area contributed by atoms with E-state index >= 15 is 0 Å². The van der Waals surface area contributed by atoms with Crippen molar-refractivity contribution in [1.82, 2.24) is 10.2 Å². The van der Waals surface area contributed by atoms with Crippen molar-refractivity contribution in [2.24, 2.45) is 11.3 Å². The molecule has 0 radical (unpaired) electrons. The van der Waals surface area contributed by atoms with Crippen LogP contribution in [0.2, 0.25) is 0 Å². The van der Waals surface area contributed by atoms with E-state index in [0.29, 0.717) is 17.2 Å². The number of ether oxygens (including phenoxy) is 1. The minimum absolute atomic E-state index is 0.279. The smallest absolute Gasteiger partial charge is 0.226 e. The first-order chi connectivity index (χ1) is 8.71. The molecule has 0 bridgehead atoms. The summed E-state index contributed by atoms with van der Waals surface area (Å²) < 4.78 is 5.61. The Balaban J connectivity index is 1.52. The number of likely N-dealkylation sites (N-methyl/N-ethyl adjacent to an activating group) is 1. The van der Waals surface area contributed by atoms with E-state index in [1.807, 2.05) is 11.9 Å². The molecule has 2 atom stereocenters. The quantitative estimate of drug-likeness (QED) is 0.815. The first kappa shape index (κ1) is 12.4. The SMILES string of the molecule is CN(CC1CCCO1)C(=O)C1CC12CCNCC2. The van der Waals surface area contributed by atoms with E-state index in [2.05, 4.69) is 5.32 Å². The Morgan fingerprint density at radius 2 is 2.22 bits per heavy atom. The molecule has 2 saturated heterocycles. The summed E-state index contributed by atoms with van der Waals surface area (Å²) >= 11 is 0. The van der Waals surface area contributed by atoms with Gasteiger partial charge in [-0.15, -0.1) is 0 Å². The summed E-state index contributed by atoms with van der Waals surface area (Å²) in [4.78, 5) is 14.3. The number of hydrogen-bond donors (Lipinski definition) is 1. The summed E-state index contributed by atoms with van der Waals surface area (Å²) in [6.07, 6.45) is 6.00. The largest absolute Gasteiger partial charge is 0.376 e. The molecular weight excluding hydrogens is 228 g/mol. The van der Waals surface area contributed by atoms with Gasteiger partial charge in [-0.3, -0.25) is 4.79 Å². The molecule has 2 heterocycles. The Hall–Kier alpha value is -0.610. The van der Waals surface area contributed by atoms with E-state index in [4.69, 9.17) is 4.74 Å². The van der Waals surface area contributed by atoms with E-state index in [-0.39, 0.29) is 6.10 Å². The Morgan fingerprint density at radius 1 is 1.44 bits per heavy atom. The molecule has 3 fully saturated rings. The minimum Gasteiger partial charge on any atom is -0.376 e. The highest BCUT2D eigenvalue weighted by molar-refractivity contribution is 5.82. The highest BCUT2D eigenvalue weighted by Crippen LogP contribution is 2.59. The third-order valence-corrected chi connectivity index (χ3v) is 4.96. The van der Waals surface area contributed by atoms with Crippen molar-refractivity contribution in [3.05, 3.63) is 0 Å². The lowest BCUT2D eigenvalue weighted by atomic mass is 9.91. The van der Waals surface area contributed by atoms with Gasteiger partial charge in [0.15, 0.2) is 0 Å². The van der Waals surface area contributed by atoms with Crippen LogP contribution in [0.5, 0.6) is 0 Å². The fourth-order valence-electron chi connectivity index (χ4n) is 3.62. The number of nitrogens with one attached hydrogen (secondary N) is 1. The average Bonchev–Trinajstić information content (AvgIpc) is 2.84. The lowest BCUT2D eigenvalue weighted by Gasteiger charge is -2.26. The topological polar surface area (TPSA) is 41.6 Å². The van der Waals surface area contributed by atoms with Crippen LogP contribution in [-0.4, -0.2) is 50.2 Å². The maximum atomic E-state index is 12.4. The van der Waals surface area contributed by atoms with Gasteiger partial charge in [-0.05, 0) is 50.6 Å². The fraction of sp³-hybridized carbons (Fsp3) is 0.929. The fourth-order valence-corrected chi connectivity index (χ4v) is 3.62. The van der Waals surface area contributed by atoms with E-state index in [9.17, 15) is 4.79 Å². The highest BCUT2D eigenvalue weighted by Gasteiger charge is 2.58. The van der Waals surface area contributed by atoms with Crippen molar-refractivity contribution in [1.29, 1.82) is 0 Å². The second-order valence-corrected chi connectivity index (χ2v) is 6.22. The number of rotatable bonds is 3. The van der Waals surface area contributed by atoms with Gasteiger partial charge in [0.05, 0.1) is 6.10 Å². The highest BCUT2D eigenvalue weighted by atomic mass is 16.5. The zero-order chi connectivity index (χ0) is 12.6. The number of carbonyl (C=O) groups is 1. The molecule has 4 nitrogen and oxygen atoms in total. The normalized spacial score (nSPS) is 33.6. The Kier molecular flexibility index (Phi) is 3.32. The van der Waals surface area contributed by atoms with Gasteiger partial charge >= 0.3 is 0 Å². The second kappa shape index (κ2) is 4.82. The average molecular weight is 252 g/mol. The number of amides is 1.